The van der Waals surface area contributed by atoms with Crippen molar-refractivity contribution >= 4 is 12.0 Å². The van der Waals surface area contributed by atoms with Crippen LogP contribution in [-0.4, -0.2) is 47.2 Å². The normalized spacial score (nSPS) is 27.7. The summed E-state index contributed by atoms with van der Waals surface area (Å²) >= 11 is 0. The summed E-state index contributed by atoms with van der Waals surface area (Å²) in [6.45, 7) is 1.91. The number of rotatable bonds is 1. The Bertz CT molecular complexity index is 649. The summed E-state index contributed by atoms with van der Waals surface area (Å²) in [6, 6.07) is 2.94. The van der Waals surface area contributed by atoms with Crippen molar-refractivity contribution in [2.24, 2.45) is 5.92 Å². The Kier molecular flexibility index (Phi) is 6.00. The summed E-state index contributed by atoms with van der Waals surface area (Å²) in [7, 11) is 1.45. The van der Waals surface area contributed by atoms with Crippen LogP contribution in [0.25, 0.3) is 6.08 Å². The number of phenols is 1. The summed E-state index contributed by atoms with van der Waals surface area (Å²) in [4.78, 5) is 12.3. The average Bonchev–Trinajstić information content (AvgIpc) is 2.56. The Morgan fingerprint density at radius 3 is 2.71 bits per heavy atom. The minimum atomic E-state index is -1.01. The molecule has 3 atom stereocenters. The summed E-state index contributed by atoms with van der Waals surface area (Å²) in [5.41, 5.74) is 0.455. The molecule has 0 fully saturated rings. The van der Waals surface area contributed by atoms with Crippen molar-refractivity contribution in [1.82, 2.24) is 0 Å². The van der Waals surface area contributed by atoms with Crippen molar-refractivity contribution < 1.29 is 29.6 Å². The third-order valence-corrected chi connectivity index (χ3v) is 3.74. The van der Waals surface area contributed by atoms with Gasteiger partial charge in [-0.1, -0.05) is 31.2 Å². The lowest BCUT2D eigenvalue weighted by molar-refractivity contribution is 0.0457. The van der Waals surface area contributed by atoms with Gasteiger partial charge in [-0.15, -0.1) is 0 Å². The van der Waals surface area contributed by atoms with Gasteiger partial charge in [-0.25, -0.2) is 4.79 Å². The van der Waals surface area contributed by atoms with Crippen LogP contribution in [0.15, 0.2) is 30.4 Å². The van der Waals surface area contributed by atoms with E-state index in [0.29, 0.717) is 11.3 Å². The van der Waals surface area contributed by atoms with Gasteiger partial charge in [0, 0.05) is 12.0 Å². The van der Waals surface area contributed by atoms with Crippen molar-refractivity contribution in [1.29, 1.82) is 0 Å². The zero-order valence-corrected chi connectivity index (χ0v) is 13.7. The fourth-order valence-electron chi connectivity index (χ4n) is 2.33. The molecule has 1 aromatic carbocycles. The number of ether oxygens (including phenoxy) is 2. The molecule has 0 spiro atoms. The number of fused-ring (bicyclic) bond motifs is 1. The third kappa shape index (κ3) is 4.37. The van der Waals surface area contributed by atoms with E-state index in [1.165, 1.54) is 19.3 Å². The number of carbonyl (C=O) groups is 1. The molecule has 130 valence electrons. The predicted molar refractivity (Wildman–Crippen MR) is 88.9 cm³/mol. The second-order valence-electron chi connectivity index (χ2n) is 5.77. The van der Waals surface area contributed by atoms with Gasteiger partial charge in [0.1, 0.15) is 17.1 Å². The predicted octanol–water partition coefficient (Wildman–Crippen LogP) is 1.89. The summed E-state index contributed by atoms with van der Waals surface area (Å²) in [6.07, 6.45) is 4.58. The number of carbonyl (C=O) groups excluding carboxylic acids is 1. The number of benzene rings is 1. The largest absolute Gasteiger partial charge is 0.507 e. The number of aromatic hydroxyl groups is 1. The van der Waals surface area contributed by atoms with Gasteiger partial charge in [0.25, 0.3) is 0 Å². The molecule has 1 aromatic rings. The lowest BCUT2D eigenvalue weighted by Gasteiger charge is -2.13. The van der Waals surface area contributed by atoms with E-state index in [-0.39, 0.29) is 30.3 Å². The highest BCUT2D eigenvalue weighted by molar-refractivity contribution is 5.97. The minimum absolute atomic E-state index is 0.0394. The summed E-state index contributed by atoms with van der Waals surface area (Å²) in [5.74, 6) is -0.634. The SMILES string of the molecule is COc1cc(O)c2c(c1)/C=C/C[C@H](O)[C@H](O)/C=C\[C@@H](C)COC2=O. The lowest BCUT2D eigenvalue weighted by Crippen LogP contribution is -2.23. The monoisotopic (exact) mass is 334 g/mol. The maximum Gasteiger partial charge on any atom is 0.342 e. The summed E-state index contributed by atoms with van der Waals surface area (Å²) < 4.78 is 10.3. The van der Waals surface area contributed by atoms with E-state index in [9.17, 15) is 20.1 Å². The van der Waals surface area contributed by atoms with Gasteiger partial charge in [0.15, 0.2) is 0 Å². The van der Waals surface area contributed by atoms with E-state index in [2.05, 4.69) is 0 Å². The zero-order valence-electron chi connectivity index (χ0n) is 13.7. The van der Waals surface area contributed by atoms with Crippen molar-refractivity contribution in [3.8, 4) is 11.5 Å². The number of methoxy groups -OCH3 is 1. The average molecular weight is 334 g/mol. The maximum atomic E-state index is 12.3. The van der Waals surface area contributed by atoms with Crippen molar-refractivity contribution in [3.63, 3.8) is 0 Å². The van der Waals surface area contributed by atoms with Crippen LogP contribution in [0.3, 0.4) is 0 Å². The highest BCUT2D eigenvalue weighted by Gasteiger charge is 2.20. The molecule has 0 unspecified atom stereocenters. The van der Waals surface area contributed by atoms with Crippen LogP contribution in [0.1, 0.15) is 29.3 Å². The number of hydrogen-bond donors (Lipinski definition) is 3. The van der Waals surface area contributed by atoms with Crippen LogP contribution in [0.5, 0.6) is 11.5 Å². The van der Waals surface area contributed by atoms with Crippen molar-refractivity contribution in [2.75, 3.05) is 13.7 Å². The molecular weight excluding hydrogens is 312 g/mol. The fraction of sp³-hybridized carbons (Fsp3) is 0.389. The Morgan fingerprint density at radius 2 is 2.00 bits per heavy atom. The Labute approximate surface area is 140 Å². The molecular formula is C18H22O6. The number of hydrogen-bond acceptors (Lipinski definition) is 6. The van der Waals surface area contributed by atoms with E-state index >= 15 is 0 Å². The lowest BCUT2D eigenvalue weighted by atomic mass is 10.0. The topological polar surface area (TPSA) is 96.2 Å². The molecule has 0 aromatic heterocycles. The first-order valence-corrected chi connectivity index (χ1v) is 7.71. The molecule has 0 saturated carbocycles. The molecule has 3 N–H and O–H groups in total. The second kappa shape index (κ2) is 7.99. The van der Waals surface area contributed by atoms with Crippen LogP contribution in [0.2, 0.25) is 0 Å². The first-order valence-electron chi connectivity index (χ1n) is 7.71. The molecule has 0 amide bonds. The molecule has 0 bridgehead atoms. The molecule has 6 nitrogen and oxygen atoms in total. The van der Waals surface area contributed by atoms with Crippen LogP contribution in [0, 0.1) is 5.92 Å². The quantitative estimate of drug-likeness (QED) is 0.536. The van der Waals surface area contributed by atoms with E-state index in [4.69, 9.17) is 9.47 Å². The van der Waals surface area contributed by atoms with Crippen LogP contribution >= 0.6 is 0 Å². The van der Waals surface area contributed by atoms with Crippen LogP contribution in [0.4, 0.5) is 0 Å². The first-order chi connectivity index (χ1) is 11.4. The molecule has 6 heteroatoms. The number of esters is 1. The highest BCUT2D eigenvalue weighted by Crippen LogP contribution is 2.30. The second-order valence-corrected chi connectivity index (χ2v) is 5.77. The molecule has 0 aliphatic carbocycles. The summed E-state index contributed by atoms with van der Waals surface area (Å²) in [5, 5.41) is 30.0. The molecule has 1 aliphatic rings. The smallest absolute Gasteiger partial charge is 0.342 e. The van der Waals surface area contributed by atoms with E-state index in [1.807, 2.05) is 6.92 Å². The van der Waals surface area contributed by atoms with Crippen LogP contribution < -0.4 is 4.74 Å². The molecule has 2 rings (SSSR count). The van der Waals surface area contributed by atoms with Gasteiger partial charge in [-0.3, -0.25) is 0 Å². The van der Waals surface area contributed by atoms with E-state index in [0.717, 1.165) is 0 Å². The van der Waals surface area contributed by atoms with Crippen molar-refractivity contribution in [2.45, 2.75) is 25.6 Å². The Morgan fingerprint density at radius 1 is 1.25 bits per heavy atom. The Balaban J connectivity index is 2.43. The number of aliphatic hydroxyl groups excluding tert-OH is 2. The highest BCUT2D eigenvalue weighted by atomic mass is 16.5. The number of cyclic esters (lactones) is 1. The van der Waals surface area contributed by atoms with Gasteiger partial charge in [0.2, 0.25) is 0 Å². The van der Waals surface area contributed by atoms with Crippen molar-refractivity contribution in [3.05, 3.63) is 41.5 Å². The standard InChI is InChI=1S/C18H22O6/c1-11-6-7-15(20)14(19)5-3-4-12-8-13(23-2)9-16(21)17(12)18(22)24-10-11/h3-4,6-9,11,14-15,19-21H,5,10H2,1-2H3/b4-3+,7-6-/t11-,14+,15-/m1/s1. The molecule has 0 radical (unpaired) electrons. The van der Waals surface area contributed by atoms with Crippen LogP contribution in [-0.2, 0) is 4.74 Å². The fourth-order valence-corrected chi connectivity index (χ4v) is 2.33. The molecule has 0 saturated heterocycles. The molecule has 24 heavy (non-hydrogen) atoms. The van der Waals surface area contributed by atoms with E-state index in [1.54, 1.807) is 24.3 Å². The van der Waals surface area contributed by atoms with Gasteiger partial charge < -0.3 is 24.8 Å². The maximum absolute atomic E-state index is 12.3. The number of phenolic OH excluding ortho intramolecular Hbond substituents is 1. The molecule has 1 aliphatic heterocycles. The van der Waals surface area contributed by atoms with E-state index < -0.39 is 18.2 Å². The zero-order chi connectivity index (χ0) is 17.7. The molecule has 1 heterocycles. The first kappa shape index (κ1) is 18.0. The third-order valence-electron chi connectivity index (χ3n) is 3.74. The number of aliphatic hydroxyl groups is 2. The van der Waals surface area contributed by atoms with Gasteiger partial charge in [-0.2, -0.15) is 0 Å². The van der Waals surface area contributed by atoms with Gasteiger partial charge in [-0.05, 0) is 18.1 Å². The van der Waals surface area contributed by atoms with Gasteiger partial charge in [0.05, 0.1) is 25.9 Å². The minimum Gasteiger partial charge on any atom is -0.507 e. The van der Waals surface area contributed by atoms with Gasteiger partial charge >= 0.3 is 5.97 Å². The Hall–Kier alpha value is -2.31.